The van der Waals surface area contributed by atoms with Crippen molar-refractivity contribution in [3.63, 3.8) is 0 Å². The number of halogens is 1. The van der Waals surface area contributed by atoms with E-state index in [0.29, 0.717) is 18.0 Å². The summed E-state index contributed by atoms with van der Waals surface area (Å²) >= 11 is 6.05. The quantitative estimate of drug-likeness (QED) is 0.634. The third-order valence-electron chi connectivity index (χ3n) is 4.12. The number of ether oxygens (including phenoxy) is 1. The van der Waals surface area contributed by atoms with E-state index in [1.54, 1.807) is 23.1 Å². The fourth-order valence-electron chi connectivity index (χ4n) is 3.10. The monoisotopic (exact) mass is 291 g/mol. The van der Waals surface area contributed by atoms with E-state index in [0.717, 1.165) is 11.3 Å². The molecule has 104 valence electrons. The number of methoxy groups -OCH3 is 1. The molecule has 4 nitrogen and oxygen atoms in total. The third kappa shape index (κ3) is 1.54. The summed E-state index contributed by atoms with van der Waals surface area (Å²) < 4.78 is 4.79. The Morgan fingerprint density at radius 2 is 2.40 bits per heavy atom. The summed E-state index contributed by atoms with van der Waals surface area (Å²) in [5.74, 6) is -0.818. The number of amides is 1. The van der Waals surface area contributed by atoms with E-state index in [2.05, 4.69) is 6.58 Å². The lowest BCUT2D eigenvalue weighted by Gasteiger charge is -2.15. The van der Waals surface area contributed by atoms with Gasteiger partial charge in [0.2, 0.25) is 5.91 Å². The number of fused-ring (bicyclic) bond motifs is 2. The van der Waals surface area contributed by atoms with Crippen molar-refractivity contribution < 1.29 is 14.3 Å². The molecule has 0 unspecified atom stereocenters. The van der Waals surface area contributed by atoms with Crippen LogP contribution in [0.4, 0.5) is 5.69 Å². The first-order chi connectivity index (χ1) is 9.56. The number of benzene rings is 1. The molecule has 0 N–H and O–H groups in total. The first kappa shape index (κ1) is 13.2. The van der Waals surface area contributed by atoms with Gasteiger partial charge in [-0.2, -0.15) is 0 Å². The molecule has 1 saturated carbocycles. The summed E-state index contributed by atoms with van der Waals surface area (Å²) in [6.07, 6.45) is 2.16. The van der Waals surface area contributed by atoms with Gasteiger partial charge in [-0.05, 0) is 30.2 Å². The summed E-state index contributed by atoms with van der Waals surface area (Å²) in [6.45, 7) is 4.10. The lowest BCUT2D eigenvalue weighted by Crippen LogP contribution is -2.34. The minimum atomic E-state index is -0.781. The number of rotatable bonds is 3. The Hall–Kier alpha value is -1.81. The van der Waals surface area contributed by atoms with Gasteiger partial charge in [0.25, 0.3) is 0 Å². The SMILES string of the molecule is C=CCN1C(=O)[C@@]2(C[C@@H]2C(=O)OC)c2cc(Cl)ccc21. The van der Waals surface area contributed by atoms with E-state index >= 15 is 0 Å². The van der Waals surface area contributed by atoms with Crippen LogP contribution in [-0.4, -0.2) is 25.5 Å². The molecule has 0 radical (unpaired) electrons. The molecule has 0 saturated heterocycles. The molecule has 1 aliphatic carbocycles. The molecule has 0 aromatic heterocycles. The van der Waals surface area contributed by atoms with Crippen molar-refractivity contribution in [2.75, 3.05) is 18.6 Å². The summed E-state index contributed by atoms with van der Waals surface area (Å²) in [5, 5.41) is 0.562. The number of hydrogen-bond donors (Lipinski definition) is 0. The average molecular weight is 292 g/mol. The Morgan fingerprint density at radius 3 is 3.05 bits per heavy atom. The maximum Gasteiger partial charge on any atom is 0.310 e. The predicted molar refractivity (Wildman–Crippen MR) is 75.8 cm³/mol. The highest BCUT2D eigenvalue weighted by atomic mass is 35.5. The second kappa shape index (κ2) is 4.35. The summed E-state index contributed by atoms with van der Waals surface area (Å²) in [4.78, 5) is 26.2. The molecule has 2 atom stereocenters. The van der Waals surface area contributed by atoms with Gasteiger partial charge in [0.15, 0.2) is 0 Å². The second-order valence-electron chi connectivity index (χ2n) is 5.12. The van der Waals surface area contributed by atoms with Crippen LogP contribution in [0.3, 0.4) is 0 Å². The van der Waals surface area contributed by atoms with Crippen LogP contribution >= 0.6 is 11.6 Å². The van der Waals surface area contributed by atoms with Crippen molar-refractivity contribution >= 4 is 29.2 Å². The third-order valence-corrected chi connectivity index (χ3v) is 4.35. The van der Waals surface area contributed by atoms with Gasteiger partial charge < -0.3 is 9.64 Å². The van der Waals surface area contributed by atoms with Crippen LogP contribution in [0.5, 0.6) is 0 Å². The van der Waals surface area contributed by atoms with Gasteiger partial charge in [0.1, 0.15) is 0 Å². The molecule has 3 rings (SSSR count). The highest BCUT2D eigenvalue weighted by Crippen LogP contribution is 2.62. The Balaban J connectivity index is 2.10. The molecule has 5 heteroatoms. The van der Waals surface area contributed by atoms with Crippen molar-refractivity contribution in [2.24, 2.45) is 5.92 Å². The standard InChI is InChI=1S/C15H14ClNO3/c1-3-6-17-12-5-4-9(16)7-10(12)15(14(17)19)8-11(15)13(18)20-2/h3-5,7,11H,1,6,8H2,2H3/t11-,15+/m1/s1. The van der Waals surface area contributed by atoms with Crippen molar-refractivity contribution in [3.05, 3.63) is 41.4 Å². The fourth-order valence-corrected chi connectivity index (χ4v) is 3.27. The highest BCUT2D eigenvalue weighted by Gasteiger charge is 2.70. The lowest BCUT2D eigenvalue weighted by atomic mass is 9.95. The van der Waals surface area contributed by atoms with Crippen molar-refractivity contribution in [1.82, 2.24) is 0 Å². The molecule has 2 aliphatic rings. The Bertz CT molecular complexity index is 628. The van der Waals surface area contributed by atoms with Crippen LogP contribution in [0.15, 0.2) is 30.9 Å². The molecule has 1 heterocycles. The van der Waals surface area contributed by atoms with Crippen LogP contribution in [0, 0.1) is 5.92 Å². The van der Waals surface area contributed by atoms with Crippen LogP contribution in [-0.2, 0) is 19.7 Å². The molecule has 1 aromatic rings. The van der Waals surface area contributed by atoms with Gasteiger partial charge in [-0.15, -0.1) is 6.58 Å². The normalized spacial score (nSPS) is 26.6. The summed E-state index contributed by atoms with van der Waals surface area (Å²) in [5.41, 5.74) is 0.856. The van der Waals surface area contributed by atoms with E-state index in [-0.39, 0.29) is 11.9 Å². The number of nitrogens with zero attached hydrogens (tertiary/aromatic N) is 1. The van der Waals surface area contributed by atoms with E-state index in [4.69, 9.17) is 16.3 Å². The second-order valence-corrected chi connectivity index (χ2v) is 5.55. The molecule has 1 amide bonds. The van der Waals surface area contributed by atoms with Crippen LogP contribution in [0.1, 0.15) is 12.0 Å². The van der Waals surface area contributed by atoms with Crippen LogP contribution in [0.2, 0.25) is 5.02 Å². The van der Waals surface area contributed by atoms with E-state index in [1.165, 1.54) is 7.11 Å². The molecular weight excluding hydrogens is 278 g/mol. The zero-order valence-corrected chi connectivity index (χ0v) is 11.8. The minimum absolute atomic E-state index is 0.0648. The lowest BCUT2D eigenvalue weighted by molar-refractivity contribution is -0.143. The maximum atomic E-state index is 12.7. The zero-order valence-electron chi connectivity index (χ0n) is 11.1. The molecule has 20 heavy (non-hydrogen) atoms. The predicted octanol–water partition coefficient (Wildman–Crippen LogP) is 2.30. The average Bonchev–Trinajstić information content (AvgIpc) is 3.15. The summed E-state index contributed by atoms with van der Waals surface area (Å²) in [7, 11) is 1.34. The molecule has 1 aromatic carbocycles. The molecular formula is C15H14ClNO3. The summed E-state index contributed by atoms with van der Waals surface area (Å²) in [6, 6.07) is 5.35. The molecule has 1 fully saturated rings. The van der Waals surface area contributed by atoms with Gasteiger partial charge in [-0.25, -0.2) is 0 Å². The van der Waals surface area contributed by atoms with Gasteiger partial charge in [0.05, 0.1) is 18.4 Å². The Kier molecular flexibility index (Phi) is 2.87. The number of hydrogen-bond acceptors (Lipinski definition) is 3. The molecule has 1 aliphatic heterocycles. The first-order valence-electron chi connectivity index (χ1n) is 6.37. The zero-order chi connectivity index (χ0) is 14.5. The van der Waals surface area contributed by atoms with Crippen molar-refractivity contribution in [1.29, 1.82) is 0 Å². The van der Waals surface area contributed by atoms with Crippen molar-refractivity contribution in [2.45, 2.75) is 11.8 Å². The number of carbonyl (C=O) groups is 2. The Labute approximate surface area is 122 Å². The van der Waals surface area contributed by atoms with Gasteiger partial charge >= 0.3 is 5.97 Å². The van der Waals surface area contributed by atoms with Crippen LogP contribution in [0.25, 0.3) is 0 Å². The maximum absolute atomic E-state index is 12.7. The smallest absolute Gasteiger partial charge is 0.310 e. The Morgan fingerprint density at radius 1 is 1.65 bits per heavy atom. The van der Waals surface area contributed by atoms with Crippen molar-refractivity contribution in [3.8, 4) is 0 Å². The number of anilines is 1. The van der Waals surface area contributed by atoms with E-state index in [1.807, 2.05) is 6.07 Å². The fraction of sp³-hybridized carbons (Fsp3) is 0.333. The van der Waals surface area contributed by atoms with Gasteiger partial charge in [-0.3, -0.25) is 9.59 Å². The number of esters is 1. The van der Waals surface area contributed by atoms with Gasteiger partial charge in [-0.1, -0.05) is 17.7 Å². The first-order valence-corrected chi connectivity index (χ1v) is 6.74. The van der Waals surface area contributed by atoms with E-state index in [9.17, 15) is 9.59 Å². The molecule has 0 bridgehead atoms. The molecule has 1 spiro atoms. The minimum Gasteiger partial charge on any atom is -0.469 e. The van der Waals surface area contributed by atoms with E-state index < -0.39 is 11.3 Å². The largest absolute Gasteiger partial charge is 0.469 e. The highest BCUT2D eigenvalue weighted by molar-refractivity contribution is 6.31. The number of carbonyl (C=O) groups excluding carboxylic acids is 2. The van der Waals surface area contributed by atoms with Gasteiger partial charge in [0, 0.05) is 17.3 Å². The van der Waals surface area contributed by atoms with Crippen LogP contribution < -0.4 is 4.90 Å². The topological polar surface area (TPSA) is 46.6 Å².